The largest absolute Gasteiger partial charge is 0.378 e. The third kappa shape index (κ3) is 6.02. The van der Waals surface area contributed by atoms with Crippen LogP contribution in [-0.2, 0) is 0 Å². The van der Waals surface area contributed by atoms with E-state index in [2.05, 4.69) is 64.5 Å². The van der Waals surface area contributed by atoms with Crippen LogP contribution in [0, 0.1) is 11.8 Å². The van der Waals surface area contributed by atoms with E-state index in [-0.39, 0.29) is 0 Å². The van der Waals surface area contributed by atoms with E-state index >= 15 is 0 Å². The molecule has 0 radical (unpaired) electrons. The number of anilines is 3. The molecule has 1 aromatic carbocycles. The van der Waals surface area contributed by atoms with Gasteiger partial charge in [-0.2, -0.15) is 0 Å². The van der Waals surface area contributed by atoms with Gasteiger partial charge in [-0.1, -0.05) is 0 Å². The molecular formula is C26H38N8S. The Hall–Kier alpha value is -2.49. The summed E-state index contributed by atoms with van der Waals surface area (Å²) in [4.78, 5) is 18.6. The molecule has 5 heterocycles. The Morgan fingerprint density at radius 3 is 2.46 bits per heavy atom. The van der Waals surface area contributed by atoms with Crippen molar-refractivity contribution in [2.24, 2.45) is 11.8 Å². The summed E-state index contributed by atoms with van der Waals surface area (Å²) in [7, 11) is 4.10. The number of hydrogen-bond acceptors (Lipinski definition) is 7. The topological polar surface area (TPSA) is 62.8 Å². The van der Waals surface area contributed by atoms with E-state index in [9.17, 15) is 0 Å². The Morgan fingerprint density at radius 2 is 1.80 bits per heavy atom. The number of piperidine rings is 3. The highest BCUT2D eigenvalue weighted by atomic mass is 32.1. The van der Waals surface area contributed by atoms with Crippen LogP contribution in [0.15, 0.2) is 42.7 Å². The second kappa shape index (κ2) is 11.1. The molecule has 2 bridgehead atoms. The first-order valence-electron chi connectivity index (χ1n) is 12.9. The van der Waals surface area contributed by atoms with E-state index in [1.165, 1.54) is 38.2 Å². The number of rotatable bonds is 7. The van der Waals surface area contributed by atoms with E-state index in [0.717, 1.165) is 56.2 Å². The van der Waals surface area contributed by atoms with Crippen LogP contribution in [0.4, 0.5) is 17.3 Å². The van der Waals surface area contributed by atoms with Gasteiger partial charge < -0.3 is 20.4 Å². The highest BCUT2D eigenvalue weighted by molar-refractivity contribution is 7.80. The summed E-state index contributed by atoms with van der Waals surface area (Å²) in [5, 5.41) is 7.52. The van der Waals surface area contributed by atoms with Crippen LogP contribution in [0.2, 0.25) is 0 Å². The van der Waals surface area contributed by atoms with Crippen LogP contribution < -0.4 is 20.4 Å². The molecule has 0 aliphatic carbocycles. The molecule has 4 unspecified atom stereocenters. The fraction of sp³-hybridized carbons (Fsp3) is 0.577. The van der Waals surface area contributed by atoms with Crippen LogP contribution in [0.25, 0.3) is 0 Å². The molecule has 8 nitrogen and oxygen atoms in total. The van der Waals surface area contributed by atoms with Crippen molar-refractivity contribution in [1.29, 1.82) is 0 Å². The lowest BCUT2D eigenvalue weighted by atomic mass is 9.75. The van der Waals surface area contributed by atoms with Gasteiger partial charge in [0, 0.05) is 89.7 Å². The van der Waals surface area contributed by atoms with Gasteiger partial charge in [-0.15, -0.1) is 0 Å². The van der Waals surface area contributed by atoms with E-state index in [4.69, 9.17) is 12.2 Å². The van der Waals surface area contributed by atoms with Crippen molar-refractivity contribution in [2.45, 2.75) is 18.9 Å². The summed E-state index contributed by atoms with van der Waals surface area (Å²) in [5.41, 5.74) is 2.21. The molecule has 1 aromatic heterocycles. The maximum Gasteiger partial charge on any atom is 0.225 e. The van der Waals surface area contributed by atoms with Crippen molar-refractivity contribution in [1.82, 2.24) is 25.1 Å². The maximum atomic E-state index is 5.58. The molecule has 2 N–H and O–H groups in total. The first-order valence-corrected chi connectivity index (χ1v) is 13.3. The molecule has 2 aromatic rings. The smallest absolute Gasteiger partial charge is 0.225 e. The van der Waals surface area contributed by atoms with Gasteiger partial charge in [-0.05, 0) is 73.8 Å². The molecule has 0 spiro atoms. The van der Waals surface area contributed by atoms with Crippen molar-refractivity contribution >= 4 is 34.7 Å². The van der Waals surface area contributed by atoms with Crippen molar-refractivity contribution in [2.75, 3.05) is 81.6 Å². The van der Waals surface area contributed by atoms with Gasteiger partial charge in [0.05, 0.1) is 0 Å². The Kier molecular flexibility index (Phi) is 7.65. The van der Waals surface area contributed by atoms with Crippen LogP contribution in [-0.4, -0.2) is 97.4 Å². The minimum Gasteiger partial charge on any atom is -0.378 e. The van der Waals surface area contributed by atoms with Crippen LogP contribution in [0.1, 0.15) is 12.8 Å². The zero-order valence-electron chi connectivity index (χ0n) is 20.9. The first-order chi connectivity index (χ1) is 17.0. The average molecular weight is 495 g/mol. The number of piperazine rings is 1. The Bertz CT molecular complexity index is 961. The minimum absolute atomic E-state index is 0.577. The number of nitrogens with zero attached hydrogens (tertiary/aromatic N) is 6. The van der Waals surface area contributed by atoms with Crippen molar-refractivity contribution < 1.29 is 0 Å². The molecule has 9 heteroatoms. The van der Waals surface area contributed by atoms with Gasteiger partial charge in [-0.3, -0.25) is 9.80 Å². The molecule has 6 rings (SSSR count). The monoisotopic (exact) mass is 494 g/mol. The molecule has 0 saturated carbocycles. The normalized spacial score (nSPS) is 26.4. The van der Waals surface area contributed by atoms with Gasteiger partial charge in [-0.25, -0.2) is 9.97 Å². The van der Waals surface area contributed by atoms with Crippen molar-refractivity contribution in [3.05, 3.63) is 42.7 Å². The number of hydrogen-bond donors (Lipinski definition) is 2. The molecule has 4 saturated heterocycles. The van der Waals surface area contributed by atoms with Gasteiger partial charge in [0.25, 0.3) is 0 Å². The molecule has 4 aliphatic heterocycles. The molecule has 0 amide bonds. The second-order valence-corrected chi connectivity index (χ2v) is 10.7. The Labute approximate surface area is 214 Å². The number of aromatic nitrogens is 2. The van der Waals surface area contributed by atoms with Crippen LogP contribution in [0.5, 0.6) is 0 Å². The number of fused-ring (bicyclic) bond motifs is 3. The molecule has 4 fully saturated rings. The zero-order valence-corrected chi connectivity index (χ0v) is 21.8. The Balaban J connectivity index is 1.05. The molecule has 35 heavy (non-hydrogen) atoms. The van der Waals surface area contributed by atoms with E-state index in [1.54, 1.807) is 0 Å². The van der Waals surface area contributed by atoms with Gasteiger partial charge in [0.15, 0.2) is 5.11 Å². The van der Waals surface area contributed by atoms with Crippen LogP contribution in [0.3, 0.4) is 0 Å². The van der Waals surface area contributed by atoms with Gasteiger partial charge in [0.1, 0.15) is 0 Å². The standard InChI is InChI=1S/C26H38N8S/c1-31(2)23-6-4-22(5-7-23)30-26(35)29-17-24-16-20-8-11-34(24)19-21(20)18-32-12-14-33(15-13-32)25-27-9-3-10-28-25/h3-7,9-10,20-21,24H,8,11-19H2,1-2H3,(H2,29,30,35). The third-order valence-corrected chi connectivity index (χ3v) is 8.10. The summed E-state index contributed by atoms with van der Waals surface area (Å²) in [6, 6.07) is 10.8. The van der Waals surface area contributed by atoms with E-state index < -0.39 is 0 Å². The highest BCUT2D eigenvalue weighted by Crippen LogP contribution is 2.36. The number of thiocarbonyl (C=S) groups is 1. The molecule has 4 atom stereocenters. The quantitative estimate of drug-likeness (QED) is 0.565. The second-order valence-electron chi connectivity index (χ2n) is 10.3. The number of benzene rings is 1. The minimum atomic E-state index is 0.577. The van der Waals surface area contributed by atoms with Crippen molar-refractivity contribution in [3.8, 4) is 0 Å². The fourth-order valence-electron chi connectivity index (χ4n) is 5.81. The predicted molar refractivity (Wildman–Crippen MR) is 147 cm³/mol. The predicted octanol–water partition coefficient (Wildman–Crippen LogP) is 2.36. The van der Waals surface area contributed by atoms with E-state index in [1.807, 2.05) is 32.6 Å². The average Bonchev–Trinajstić information content (AvgIpc) is 2.89. The fourth-order valence-corrected chi connectivity index (χ4v) is 6.02. The van der Waals surface area contributed by atoms with Crippen molar-refractivity contribution in [3.63, 3.8) is 0 Å². The molecule has 188 valence electrons. The summed E-state index contributed by atoms with van der Waals surface area (Å²) >= 11 is 5.58. The van der Waals surface area contributed by atoms with Gasteiger partial charge in [0.2, 0.25) is 5.95 Å². The first kappa shape index (κ1) is 24.2. The summed E-state index contributed by atoms with van der Waals surface area (Å²) in [5.74, 6) is 2.46. The maximum absolute atomic E-state index is 5.58. The SMILES string of the molecule is CN(C)c1ccc(NC(=S)NCC2CC3CCN2CC3CN2CCN(c3ncccn3)CC2)cc1. The lowest BCUT2D eigenvalue weighted by Crippen LogP contribution is -2.59. The number of nitrogens with one attached hydrogen (secondary N) is 2. The Morgan fingerprint density at radius 1 is 1.06 bits per heavy atom. The zero-order chi connectivity index (χ0) is 24.2. The van der Waals surface area contributed by atoms with E-state index in [0.29, 0.717) is 11.2 Å². The summed E-state index contributed by atoms with van der Waals surface area (Å²) in [6.07, 6.45) is 6.27. The highest BCUT2D eigenvalue weighted by Gasteiger charge is 2.40. The third-order valence-electron chi connectivity index (χ3n) is 7.85. The summed E-state index contributed by atoms with van der Waals surface area (Å²) < 4.78 is 0. The lowest BCUT2D eigenvalue weighted by molar-refractivity contribution is -0.0110. The lowest BCUT2D eigenvalue weighted by Gasteiger charge is -2.51. The summed E-state index contributed by atoms with van der Waals surface area (Å²) in [6.45, 7) is 8.79. The molecule has 4 aliphatic rings. The molecular weight excluding hydrogens is 456 g/mol. The van der Waals surface area contributed by atoms with Crippen LogP contribution >= 0.6 is 12.2 Å². The van der Waals surface area contributed by atoms with Gasteiger partial charge >= 0.3 is 0 Å².